The summed E-state index contributed by atoms with van der Waals surface area (Å²) < 4.78 is 44.4. The summed E-state index contributed by atoms with van der Waals surface area (Å²) in [5.41, 5.74) is -0.0974. The zero-order chi connectivity index (χ0) is 17.3. The highest BCUT2D eigenvalue weighted by atomic mass is 127. The molecule has 1 aliphatic carbocycles. The van der Waals surface area contributed by atoms with E-state index in [1.807, 2.05) is 0 Å². The minimum absolute atomic E-state index is 0. The Morgan fingerprint density at radius 3 is 2.68 bits per heavy atom. The van der Waals surface area contributed by atoms with Crippen LogP contribution in [0.1, 0.15) is 30.6 Å². The van der Waals surface area contributed by atoms with Crippen LogP contribution in [0.3, 0.4) is 0 Å². The smallest absolute Gasteiger partial charge is 0.370 e. The molecule has 1 heterocycles. The van der Waals surface area contributed by atoms with Gasteiger partial charge in [-0.2, -0.15) is 13.2 Å². The molecule has 1 aromatic rings. The number of ether oxygens (including phenoxy) is 1. The molecule has 0 bridgehead atoms. The molecule has 3 atom stereocenters. The van der Waals surface area contributed by atoms with Gasteiger partial charge in [-0.05, 0) is 30.0 Å². The average Bonchev–Trinajstić information content (AvgIpc) is 3.27. The van der Waals surface area contributed by atoms with E-state index < -0.39 is 17.8 Å². The van der Waals surface area contributed by atoms with Crippen LogP contribution < -0.4 is 5.32 Å². The molecule has 3 rings (SSSR count). The first kappa shape index (κ1) is 20.3. The second-order valence-corrected chi connectivity index (χ2v) is 6.44. The van der Waals surface area contributed by atoms with Crippen molar-refractivity contribution in [3.63, 3.8) is 0 Å². The lowest BCUT2D eigenvalue weighted by atomic mass is 10.0. The number of halogens is 4. The fourth-order valence-electron chi connectivity index (χ4n) is 2.94. The van der Waals surface area contributed by atoms with Gasteiger partial charge in [0.15, 0.2) is 5.96 Å². The minimum atomic E-state index is -4.34. The SMILES string of the molecule is CN=C(NC1CC1C)N1CCOC(c2cccc(C(F)(F)F)c2)C1.I. The number of alkyl halides is 3. The molecule has 1 aliphatic heterocycles. The summed E-state index contributed by atoms with van der Waals surface area (Å²) in [4.78, 5) is 6.36. The summed E-state index contributed by atoms with van der Waals surface area (Å²) in [6, 6.07) is 5.81. The van der Waals surface area contributed by atoms with Crippen molar-refractivity contribution < 1.29 is 17.9 Å². The second kappa shape index (κ2) is 8.11. The van der Waals surface area contributed by atoms with Gasteiger partial charge < -0.3 is 15.0 Å². The van der Waals surface area contributed by atoms with Crippen molar-refractivity contribution in [2.24, 2.45) is 10.9 Å². The minimum Gasteiger partial charge on any atom is -0.370 e. The maximum Gasteiger partial charge on any atom is 0.416 e. The van der Waals surface area contributed by atoms with E-state index in [1.165, 1.54) is 12.1 Å². The lowest BCUT2D eigenvalue weighted by Crippen LogP contribution is -2.49. The number of benzene rings is 1. The number of nitrogens with one attached hydrogen (secondary N) is 1. The molecule has 0 radical (unpaired) electrons. The van der Waals surface area contributed by atoms with Crippen molar-refractivity contribution in [1.82, 2.24) is 10.2 Å². The normalized spacial score (nSPS) is 26.8. The Bertz CT molecular complexity index is 623. The summed E-state index contributed by atoms with van der Waals surface area (Å²) in [6.07, 6.45) is -3.61. The number of hydrogen-bond acceptors (Lipinski definition) is 2. The van der Waals surface area contributed by atoms with E-state index in [0.717, 1.165) is 18.4 Å². The lowest BCUT2D eigenvalue weighted by molar-refractivity contribution is -0.137. The number of aliphatic imine (C=N–C) groups is 1. The van der Waals surface area contributed by atoms with E-state index in [0.29, 0.717) is 37.2 Å². The van der Waals surface area contributed by atoms with Gasteiger partial charge in [-0.3, -0.25) is 4.99 Å². The average molecular weight is 469 g/mol. The first-order valence-corrected chi connectivity index (χ1v) is 8.15. The zero-order valence-electron chi connectivity index (χ0n) is 14.2. The molecule has 140 valence electrons. The highest BCUT2D eigenvalue weighted by Gasteiger charge is 2.35. The van der Waals surface area contributed by atoms with E-state index in [-0.39, 0.29) is 24.0 Å². The summed E-state index contributed by atoms with van der Waals surface area (Å²) in [5, 5.41) is 3.41. The van der Waals surface area contributed by atoms with E-state index in [4.69, 9.17) is 4.74 Å². The third kappa shape index (κ3) is 4.99. The fraction of sp³-hybridized carbons (Fsp3) is 0.588. The molecule has 0 spiro atoms. The van der Waals surface area contributed by atoms with E-state index in [2.05, 4.69) is 22.1 Å². The zero-order valence-corrected chi connectivity index (χ0v) is 16.5. The van der Waals surface area contributed by atoms with Crippen LogP contribution in [0.5, 0.6) is 0 Å². The van der Waals surface area contributed by atoms with Crippen LogP contribution in [-0.4, -0.2) is 43.6 Å². The fourth-order valence-corrected chi connectivity index (χ4v) is 2.94. The first-order valence-electron chi connectivity index (χ1n) is 8.15. The van der Waals surface area contributed by atoms with E-state index >= 15 is 0 Å². The number of hydrogen-bond donors (Lipinski definition) is 1. The highest BCUT2D eigenvalue weighted by molar-refractivity contribution is 14.0. The van der Waals surface area contributed by atoms with Crippen LogP contribution in [0.2, 0.25) is 0 Å². The molecule has 1 N–H and O–H groups in total. The van der Waals surface area contributed by atoms with Gasteiger partial charge in [0.2, 0.25) is 0 Å². The first-order chi connectivity index (χ1) is 11.4. The van der Waals surface area contributed by atoms with Gasteiger partial charge in [0.1, 0.15) is 6.10 Å². The molecular formula is C17H23F3IN3O. The molecule has 0 aromatic heterocycles. The lowest BCUT2D eigenvalue weighted by Gasteiger charge is -2.35. The predicted octanol–water partition coefficient (Wildman–Crippen LogP) is 3.68. The predicted molar refractivity (Wildman–Crippen MR) is 101 cm³/mol. The Balaban J connectivity index is 0.00000225. The Morgan fingerprint density at radius 1 is 1.36 bits per heavy atom. The van der Waals surface area contributed by atoms with Gasteiger partial charge in [-0.1, -0.05) is 19.1 Å². The molecule has 1 aromatic carbocycles. The number of nitrogens with zero attached hydrogens (tertiary/aromatic N) is 2. The van der Waals surface area contributed by atoms with Crippen molar-refractivity contribution >= 4 is 29.9 Å². The molecule has 1 saturated carbocycles. The quantitative estimate of drug-likeness (QED) is 0.408. The third-order valence-corrected chi connectivity index (χ3v) is 4.59. The van der Waals surface area contributed by atoms with Gasteiger partial charge in [0.05, 0.1) is 18.7 Å². The standard InChI is InChI=1S/C17H22F3N3O.HI/c1-11-8-14(11)22-16(21-2)23-6-7-24-15(10-23)12-4-3-5-13(9-12)17(18,19)20;/h3-5,9,11,14-15H,6-8,10H2,1-2H3,(H,21,22);1H. The van der Waals surface area contributed by atoms with Crippen molar-refractivity contribution in [2.75, 3.05) is 26.7 Å². The van der Waals surface area contributed by atoms with Crippen LogP contribution in [0.25, 0.3) is 0 Å². The third-order valence-electron chi connectivity index (χ3n) is 4.59. The van der Waals surface area contributed by atoms with Gasteiger partial charge in [0, 0.05) is 19.6 Å². The Morgan fingerprint density at radius 2 is 2.08 bits per heavy atom. The number of morpholine rings is 1. The summed E-state index contributed by atoms with van der Waals surface area (Å²) in [6.45, 7) is 3.80. The Labute approximate surface area is 162 Å². The molecule has 1 saturated heterocycles. The number of guanidine groups is 1. The monoisotopic (exact) mass is 469 g/mol. The highest BCUT2D eigenvalue weighted by Crippen LogP contribution is 2.33. The Hall–Kier alpha value is -1.03. The van der Waals surface area contributed by atoms with Gasteiger partial charge >= 0.3 is 6.18 Å². The molecule has 25 heavy (non-hydrogen) atoms. The topological polar surface area (TPSA) is 36.9 Å². The molecule has 4 nitrogen and oxygen atoms in total. The van der Waals surface area contributed by atoms with Crippen molar-refractivity contribution in [1.29, 1.82) is 0 Å². The van der Waals surface area contributed by atoms with Crippen LogP contribution >= 0.6 is 24.0 Å². The van der Waals surface area contributed by atoms with Crippen molar-refractivity contribution in [3.05, 3.63) is 35.4 Å². The Kier molecular flexibility index (Phi) is 6.58. The second-order valence-electron chi connectivity index (χ2n) is 6.44. The molecule has 8 heteroatoms. The van der Waals surface area contributed by atoms with Gasteiger partial charge in [0.25, 0.3) is 0 Å². The molecule has 3 unspecified atom stereocenters. The number of rotatable bonds is 2. The summed E-state index contributed by atoms with van der Waals surface area (Å²) in [7, 11) is 1.73. The van der Waals surface area contributed by atoms with Gasteiger partial charge in [-0.15, -0.1) is 24.0 Å². The molecule has 0 amide bonds. The largest absolute Gasteiger partial charge is 0.416 e. The maximum atomic E-state index is 12.9. The van der Waals surface area contributed by atoms with Crippen LogP contribution in [0, 0.1) is 5.92 Å². The summed E-state index contributed by atoms with van der Waals surface area (Å²) in [5.74, 6) is 1.44. The maximum absolute atomic E-state index is 12.9. The molecule has 2 fully saturated rings. The van der Waals surface area contributed by atoms with Crippen LogP contribution in [0.4, 0.5) is 13.2 Å². The molecule has 2 aliphatic rings. The summed E-state index contributed by atoms with van der Waals surface area (Å²) >= 11 is 0. The van der Waals surface area contributed by atoms with Crippen LogP contribution in [-0.2, 0) is 10.9 Å². The van der Waals surface area contributed by atoms with Gasteiger partial charge in [-0.25, -0.2) is 0 Å². The van der Waals surface area contributed by atoms with Crippen molar-refractivity contribution in [2.45, 2.75) is 31.7 Å². The molecular weight excluding hydrogens is 446 g/mol. The van der Waals surface area contributed by atoms with Crippen LogP contribution in [0.15, 0.2) is 29.3 Å². The van der Waals surface area contributed by atoms with E-state index in [9.17, 15) is 13.2 Å². The van der Waals surface area contributed by atoms with E-state index in [1.54, 1.807) is 13.1 Å². The van der Waals surface area contributed by atoms with Crippen molar-refractivity contribution in [3.8, 4) is 0 Å².